The predicted octanol–water partition coefficient (Wildman–Crippen LogP) is 1.14. The van der Waals surface area contributed by atoms with Crippen LogP contribution in [0.1, 0.15) is 19.4 Å². The first-order chi connectivity index (χ1) is 8.69. The van der Waals surface area contributed by atoms with E-state index in [2.05, 4.69) is 13.8 Å². The van der Waals surface area contributed by atoms with E-state index in [-0.39, 0.29) is 0 Å². The SMILES string of the molecule is CC[NH+](CC)Cc1cc(OC)c(OC)c(OC)c1. The molecule has 18 heavy (non-hydrogen) atoms. The summed E-state index contributed by atoms with van der Waals surface area (Å²) in [7, 11) is 4.91. The molecule has 0 amide bonds. The molecule has 0 aliphatic heterocycles. The van der Waals surface area contributed by atoms with Crippen molar-refractivity contribution in [3.05, 3.63) is 17.7 Å². The van der Waals surface area contributed by atoms with Crippen LogP contribution in [0.2, 0.25) is 0 Å². The molecule has 0 atom stereocenters. The summed E-state index contributed by atoms with van der Waals surface area (Å²) in [5.41, 5.74) is 1.20. The summed E-state index contributed by atoms with van der Waals surface area (Å²) in [5.74, 6) is 2.09. The molecule has 102 valence electrons. The maximum atomic E-state index is 5.35. The number of hydrogen-bond donors (Lipinski definition) is 1. The van der Waals surface area contributed by atoms with Crippen LogP contribution in [0.4, 0.5) is 0 Å². The van der Waals surface area contributed by atoms with Crippen molar-refractivity contribution in [1.82, 2.24) is 0 Å². The second-order valence-electron chi connectivity index (χ2n) is 4.17. The number of quaternary nitrogens is 1. The molecule has 0 fully saturated rings. The fourth-order valence-electron chi connectivity index (χ4n) is 2.03. The lowest BCUT2D eigenvalue weighted by molar-refractivity contribution is -0.910. The molecule has 1 aromatic rings. The first-order valence-electron chi connectivity index (χ1n) is 6.32. The Morgan fingerprint density at radius 2 is 1.39 bits per heavy atom. The van der Waals surface area contributed by atoms with Gasteiger partial charge in [0.25, 0.3) is 0 Å². The molecule has 0 aliphatic carbocycles. The summed E-state index contributed by atoms with van der Waals surface area (Å²) >= 11 is 0. The number of nitrogens with one attached hydrogen (secondary N) is 1. The Kier molecular flexibility index (Phi) is 5.78. The van der Waals surface area contributed by atoms with Crippen LogP contribution in [0.25, 0.3) is 0 Å². The van der Waals surface area contributed by atoms with Crippen LogP contribution in [-0.2, 0) is 6.54 Å². The third-order valence-electron chi connectivity index (χ3n) is 3.18. The second-order valence-corrected chi connectivity index (χ2v) is 4.17. The van der Waals surface area contributed by atoms with Gasteiger partial charge in [-0.05, 0) is 26.0 Å². The van der Waals surface area contributed by atoms with Gasteiger partial charge in [0.2, 0.25) is 5.75 Å². The van der Waals surface area contributed by atoms with Crippen molar-refractivity contribution >= 4 is 0 Å². The molecule has 0 saturated carbocycles. The van der Waals surface area contributed by atoms with Crippen LogP contribution < -0.4 is 19.1 Å². The monoisotopic (exact) mass is 254 g/mol. The fourth-order valence-corrected chi connectivity index (χ4v) is 2.03. The number of methoxy groups -OCH3 is 3. The Morgan fingerprint density at radius 1 is 0.889 bits per heavy atom. The van der Waals surface area contributed by atoms with Crippen molar-refractivity contribution in [2.75, 3.05) is 34.4 Å². The molecule has 0 heterocycles. The topological polar surface area (TPSA) is 32.1 Å². The summed E-state index contributed by atoms with van der Waals surface area (Å²) in [6.45, 7) is 7.55. The van der Waals surface area contributed by atoms with Gasteiger partial charge in [0, 0.05) is 5.56 Å². The Labute approximate surface area is 109 Å². The number of ether oxygens (including phenoxy) is 3. The van der Waals surface area contributed by atoms with Gasteiger partial charge in [-0.1, -0.05) is 0 Å². The summed E-state index contributed by atoms with van der Waals surface area (Å²) in [6, 6.07) is 4.04. The first-order valence-corrected chi connectivity index (χ1v) is 6.32. The van der Waals surface area contributed by atoms with E-state index in [9.17, 15) is 0 Å². The van der Waals surface area contributed by atoms with E-state index < -0.39 is 0 Å². The first kappa shape index (κ1) is 14.6. The molecule has 0 unspecified atom stereocenters. The molecular weight excluding hydrogens is 230 g/mol. The molecule has 0 aliphatic rings. The predicted molar refractivity (Wildman–Crippen MR) is 71.8 cm³/mol. The fraction of sp³-hybridized carbons (Fsp3) is 0.571. The minimum absolute atomic E-state index is 0.651. The molecular formula is C14H24NO3+. The zero-order valence-corrected chi connectivity index (χ0v) is 12.0. The van der Waals surface area contributed by atoms with Crippen molar-refractivity contribution in [1.29, 1.82) is 0 Å². The summed E-state index contributed by atoms with van der Waals surface area (Å²) in [6.07, 6.45) is 0. The lowest BCUT2D eigenvalue weighted by Gasteiger charge is -2.18. The molecule has 1 rings (SSSR count). The van der Waals surface area contributed by atoms with Gasteiger partial charge in [-0.15, -0.1) is 0 Å². The van der Waals surface area contributed by atoms with E-state index in [1.807, 2.05) is 12.1 Å². The van der Waals surface area contributed by atoms with Crippen LogP contribution in [0.15, 0.2) is 12.1 Å². The van der Waals surface area contributed by atoms with Crippen LogP contribution in [0.5, 0.6) is 17.2 Å². The maximum absolute atomic E-state index is 5.35. The van der Waals surface area contributed by atoms with Crippen LogP contribution in [0.3, 0.4) is 0 Å². The molecule has 4 heteroatoms. The molecule has 4 nitrogen and oxygen atoms in total. The van der Waals surface area contributed by atoms with Gasteiger partial charge in [-0.25, -0.2) is 0 Å². The smallest absolute Gasteiger partial charge is 0.203 e. The van der Waals surface area contributed by atoms with Gasteiger partial charge in [0.15, 0.2) is 11.5 Å². The summed E-state index contributed by atoms with van der Waals surface area (Å²) in [5, 5.41) is 0. The number of hydrogen-bond acceptors (Lipinski definition) is 3. The van der Waals surface area contributed by atoms with E-state index in [1.165, 1.54) is 10.5 Å². The second kappa shape index (κ2) is 7.11. The van der Waals surface area contributed by atoms with Gasteiger partial charge in [-0.2, -0.15) is 0 Å². The Bertz CT molecular complexity index is 350. The Morgan fingerprint density at radius 3 is 1.72 bits per heavy atom. The normalized spacial score (nSPS) is 10.6. The van der Waals surface area contributed by atoms with Crippen LogP contribution in [-0.4, -0.2) is 34.4 Å². The van der Waals surface area contributed by atoms with Crippen LogP contribution >= 0.6 is 0 Å². The lowest BCUT2D eigenvalue weighted by Crippen LogP contribution is -3.10. The molecule has 0 radical (unpaired) electrons. The summed E-state index contributed by atoms with van der Waals surface area (Å²) in [4.78, 5) is 1.52. The average Bonchev–Trinajstić information content (AvgIpc) is 2.43. The zero-order chi connectivity index (χ0) is 13.5. The minimum Gasteiger partial charge on any atom is -0.493 e. The third-order valence-corrected chi connectivity index (χ3v) is 3.18. The maximum Gasteiger partial charge on any atom is 0.203 e. The molecule has 1 aromatic carbocycles. The van der Waals surface area contributed by atoms with E-state index in [1.54, 1.807) is 21.3 Å². The van der Waals surface area contributed by atoms with Gasteiger partial charge in [-0.3, -0.25) is 0 Å². The van der Waals surface area contributed by atoms with Gasteiger partial charge in [0.05, 0.1) is 34.4 Å². The zero-order valence-electron chi connectivity index (χ0n) is 12.0. The highest BCUT2D eigenvalue weighted by Gasteiger charge is 2.15. The molecule has 0 spiro atoms. The van der Waals surface area contributed by atoms with Crippen molar-refractivity contribution in [2.45, 2.75) is 20.4 Å². The highest BCUT2D eigenvalue weighted by Crippen LogP contribution is 2.37. The molecule has 0 saturated heterocycles. The van der Waals surface area contributed by atoms with Gasteiger partial charge < -0.3 is 19.1 Å². The number of rotatable bonds is 7. The van der Waals surface area contributed by atoms with Crippen LogP contribution in [0, 0.1) is 0 Å². The van der Waals surface area contributed by atoms with Crippen molar-refractivity contribution in [3.63, 3.8) is 0 Å². The van der Waals surface area contributed by atoms with E-state index in [4.69, 9.17) is 14.2 Å². The standard InChI is InChI=1S/C14H23NO3/c1-6-15(7-2)10-11-8-12(16-3)14(18-5)13(9-11)17-4/h8-9H,6-7,10H2,1-5H3/p+1. The highest BCUT2D eigenvalue weighted by atomic mass is 16.5. The molecule has 1 N–H and O–H groups in total. The molecule has 0 aromatic heterocycles. The average molecular weight is 254 g/mol. The summed E-state index contributed by atoms with van der Waals surface area (Å²) < 4.78 is 16.0. The third kappa shape index (κ3) is 3.29. The molecule has 0 bridgehead atoms. The van der Waals surface area contributed by atoms with Crippen molar-refractivity contribution < 1.29 is 19.1 Å². The number of benzene rings is 1. The van der Waals surface area contributed by atoms with Gasteiger partial charge in [0.1, 0.15) is 6.54 Å². The van der Waals surface area contributed by atoms with Crippen molar-refractivity contribution in [3.8, 4) is 17.2 Å². The van der Waals surface area contributed by atoms with E-state index in [0.29, 0.717) is 5.75 Å². The Balaban J connectivity index is 3.06. The lowest BCUT2D eigenvalue weighted by atomic mass is 10.1. The highest BCUT2D eigenvalue weighted by molar-refractivity contribution is 5.53. The Hall–Kier alpha value is -1.42. The quantitative estimate of drug-likeness (QED) is 0.792. The van der Waals surface area contributed by atoms with Crippen molar-refractivity contribution in [2.24, 2.45) is 0 Å². The minimum atomic E-state index is 0.651. The van der Waals surface area contributed by atoms with E-state index in [0.717, 1.165) is 31.1 Å². The van der Waals surface area contributed by atoms with E-state index >= 15 is 0 Å². The largest absolute Gasteiger partial charge is 0.493 e. The van der Waals surface area contributed by atoms with Gasteiger partial charge >= 0.3 is 0 Å².